The lowest BCUT2D eigenvalue weighted by Crippen LogP contribution is -2.19. The Morgan fingerprint density at radius 3 is 2.65 bits per heavy atom. The van der Waals surface area contributed by atoms with Gasteiger partial charge in [0.15, 0.2) is 0 Å². The van der Waals surface area contributed by atoms with E-state index in [-0.39, 0.29) is 18.3 Å². The van der Waals surface area contributed by atoms with Crippen molar-refractivity contribution in [3.8, 4) is 5.75 Å². The van der Waals surface area contributed by atoms with Crippen molar-refractivity contribution in [2.45, 2.75) is 13.3 Å². The van der Waals surface area contributed by atoms with Crippen molar-refractivity contribution in [3.05, 3.63) is 23.8 Å². The van der Waals surface area contributed by atoms with Crippen LogP contribution in [-0.2, 0) is 9.53 Å². The fourth-order valence-corrected chi connectivity index (χ4v) is 1.56. The smallest absolute Gasteiger partial charge is 0.225 e. The standard InChI is InChI=1S/C14H22N2O3.ClH/c1-11-10-12(19-9-8-18-3)4-5-13(11)16-14(17)6-7-15-2;/h4-5,10,15H,6-9H2,1-3H3,(H,16,17);1H. The summed E-state index contributed by atoms with van der Waals surface area (Å²) in [6.07, 6.45) is 0.460. The van der Waals surface area contributed by atoms with Gasteiger partial charge in [0.1, 0.15) is 12.4 Å². The third-order valence-electron chi connectivity index (χ3n) is 2.63. The monoisotopic (exact) mass is 302 g/mol. The van der Waals surface area contributed by atoms with Gasteiger partial charge in [0.05, 0.1) is 6.61 Å². The van der Waals surface area contributed by atoms with Crippen molar-refractivity contribution in [2.75, 3.05) is 39.2 Å². The largest absolute Gasteiger partial charge is 0.491 e. The minimum Gasteiger partial charge on any atom is -0.491 e. The van der Waals surface area contributed by atoms with E-state index in [0.717, 1.165) is 17.0 Å². The van der Waals surface area contributed by atoms with E-state index >= 15 is 0 Å². The van der Waals surface area contributed by atoms with E-state index < -0.39 is 0 Å². The molecule has 114 valence electrons. The second kappa shape index (κ2) is 10.5. The Morgan fingerprint density at radius 1 is 1.30 bits per heavy atom. The average molecular weight is 303 g/mol. The van der Waals surface area contributed by atoms with Crippen LogP contribution in [0.3, 0.4) is 0 Å². The van der Waals surface area contributed by atoms with Gasteiger partial charge in [0.2, 0.25) is 5.91 Å². The number of carbonyl (C=O) groups excluding carboxylic acids is 1. The Labute approximate surface area is 126 Å². The summed E-state index contributed by atoms with van der Waals surface area (Å²) >= 11 is 0. The Balaban J connectivity index is 0.00000361. The van der Waals surface area contributed by atoms with Gasteiger partial charge in [-0.15, -0.1) is 12.4 Å². The van der Waals surface area contributed by atoms with Gasteiger partial charge in [-0.1, -0.05) is 0 Å². The molecule has 0 saturated carbocycles. The molecule has 0 saturated heterocycles. The van der Waals surface area contributed by atoms with E-state index in [2.05, 4.69) is 10.6 Å². The lowest BCUT2D eigenvalue weighted by Gasteiger charge is -2.11. The van der Waals surface area contributed by atoms with E-state index in [0.29, 0.717) is 26.2 Å². The van der Waals surface area contributed by atoms with E-state index in [1.54, 1.807) is 7.11 Å². The van der Waals surface area contributed by atoms with Crippen molar-refractivity contribution in [2.24, 2.45) is 0 Å². The van der Waals surface area contributed by atoms with E-state index in [9.17, 15) is 4.79 Å². The zero-order chi connectivity index (χ0) is 14.1. The molecule has 5 nitrogen and oxygen atoms in total. The van der Waals surface area contributed by atoms with Crippen LogP contribution >= 0.6 is 12.4 Å². The first-order valence-electron chi connectivity index (χ1n) is 6.34. The predicted octanol–water partition coefficient (Wildman–Crippen LogP) is 1.99. The summed E-state index contributed by atoms with van der Waals surface area (Å²) in [6.45, 7) is 3.69. The van der Waals surface area contributed by atoms with Crippen LogP contribution in [0.4, 0.5) is 5.69 Å². The predicted molar refractivity (Wildman–Crippen MR) is 83.0 cm³/mol. The molecule has 0 bridgehead atoms. The number of benzene rings is 1. The fourth-order valence-electron chi connectivity index (χ4n) is 1.56. The molecular formula is C14H23ClN2O3. The number of rotatable bonds is 8. The topological polar surface area (TPSA) is 59.6 Å². The molecule has 0 aliphatic heterocycles. The molecular weight excluding hydrogens is 280 g/mol. The van der Waals surface area contributed by atoms with Crippen LogP contribution in [0.2, 0.25) is 0 Å². The number of ether oxygens (including phenoxy) is 2. The number of halogens is 1. The SMILES string of the molecule is CNCCC(=O)Nc1ccc(OCCOC)cc1C.Cl. The number of carbonyl (C=O) groups is 1. The number of amides is 1. The molecule has 1 rings (SSSR count). The number of nitrogens with one attached hydrogen (secondary N) is 2. The summed E-state index contributed by atoms with van der Waals surface area (Å²) in [5.41, 5.74) is 1.80. The molecule has 0 aliphatic carbocycles. The van der Waals surface area contributed by atoms with Crippen molar-refractivity contribution < 1.29 is 14.3 Å². The number of aryl methyl sites for hydroxylation is 1. The number of hydrogen-bond donors (Lipinski definition) is 2. The minimum atomic E-state index is 0. The van der Waals surface area contributed by atoms with Gasteiger partial charge in [0.25, 0.3) is 0 Å². The van der Waals surface area contributed by atoms with Gasteiger partial charge in [-0.05, 0) is 37.7 Å². The summed E-state index contributed by atoms with van der Waals surface area (Å²) < 4.78 is 10.4. The van der Waals surface area contributed by atoms with Crippen LogP contribution < -0.4 is 15.4 Å². The Kier molecular flexibility index (Phi) is 9.80. The van der Waals surface area contributed by atoms with Gasteiger partial charge >= 0.3 is 0 Å². The van der Waals surface area contributed by atoms with Gasteiger partial charge in [-0.3, -0.25) is 4.79 Å². The summed E-state index contributed by atoms with van der Waals surface area (Å²) in [5.74, 6) is 0.785. The highest BCUT2D eigenvalue weighted by atomic mass is 35.5. The number of hydrogen-bond acceptors (Lipinski definition) is 4. The zero-order valence-electron chi connectivity index (χ0n) is 12.2. The maximum absolute atomic E-state index is 11.6. The second-order valence-electron chi connectivity index (χ2n) is 4.22. The Hall–Kier alpha value is -1.30. The highest BCUT2D eigenvalue weighted by molar-refractivity contribution is 5.91. The maximum atomic E-state index is 11.6. The lowest BCUT2D eigenvalue weighted by atomic mass is 10.2. The first kappa shape index (κ1) is 18.7. The highest BCUT2D eigenvalue weighted by Crippen LogP contribution is 2.21. The van der Waals surface area contributed by atoms with Crippen LogP contribution in [0.5, 0.6) is 5.75 Å². The maximum Gasteiger partial charge on any atom is 0.225 e. The molecule has 0 fully saturated rings. The van der Waals surface area contributed by atoms with E-state index in [4.69, 9.17) is 9.47 Å². The molecule has 0 radical (unpaired) electrons. The molecule has 0 atom stereocenters. The van der Waals surface area contributed by atoms with Gasteiger partial charge in [0, 0.05) is 25.8 Å². The van der Waals surface area contributed by atoms with Crippen molar-refractivity contribution >= 4 is 24.0 Å². The first-order chi connectivity index (χ1) is 9.17. The van der Waals surface area contributed by atoms with Crippen molar-refractivity contribution in [3.63, 3.8) is 0 Å². The molecule has 6 heteroatoms. The number of methoxy groups -OCH3 is 1. The van der Waals surface area contributed by atoms with Crippen molar-refractivity contribution in [1.29, 1.82) is 0 Å². The molecule has 1 aromatic carbocycles. The van der Waals surface area contributed by atoms with E-state index in [1.807, 2.05) is 32.2 Å². The summed E-state index contributed by atoms with van der Waals surface area (Å²) in [6, 6.07) is 5.61. The van der Waals surface area contributed by atoms with Crippen LogP contribution in [-0.4, -0.2) is 39.8 Å². The third-order valence-corrected chi connectivity index (χ3v) is 2.63. The summed E-state index contributed by atoms with van der Waals surface area (Å²) in [7, 11) is 3.46. The summed E-state index contributed by atoms with van der Waals surface area (Å²) in [5, 5.41) is 5.82. The first-order valence-corrected chi connectivity index (χ1v) is 6.34. The molecule has 1 aromatic rings. The second-order valence-corrected chi connectivity index (χ2v) is 4.22. The van der Waals surface area contributed by atoms with Crippen LogP contribution in [0.1, 0.15) is 12.0 Å². The van der Waals surface area contributed by atoms with Gasteiger partial charge in [-0.25, -0.2) is 0 Å². The minimum absolute atomic E-state index is 0. The molecule has 1 amide bonds. The quantitative estimate of drug-likeness (QED) is 0.721. The molecule has 0 spiro atoms. The fraction of sp³-hybridized carbons (Fsp3) is 0.500. The van der Waals surface area contributed by atoms with E-state index in [1.165, 1.54) is 0 Å². The van der Waals surface area contributed by atoms with Crippen LogP contribution in [0.25, 0.3) is 0 Å². The van der Waals surface area contributed by atoms with Crippen LogP contribution in [0, 0.1) is 6.92 Å². The third kappa shape index (κ3) is 6.75. The van der Waals surface area contributed by atoms with Crippen LogP contribution in [0.15, 0.2) is 18.2 Å². The van der Waals surface area contributed by atoms with Gasteiger partial charge in [-0.2, -0.15) is 0 Å². The molecule has 0 aromatic heterocycles. The molecule has 0 heterocycles. The zero-order valence-corrected chi connectivity index (χ0v) is 13.0. The normalized spacial score (nSPS) is 9.75. The summed E-state index contributed by atoms with van der Waals surface area (Å²) in [4.78, 5) is 11.6. The molecule has 2 N–H and O–H groups in total. The molecule has 20 heavy (non-hydrogen) atoms. The Bertz CT molecular complexity index is 413. The lowest BCUT2D eigenvalue weighted by molar-refractivity contribution is -0.116. The molecule has 0 unspecified atom stereocenters. The average Bonchev–Trinajstić information content (AvgIpc) is 2.40. The number of anilines is 1. The Morgan fingerprint density at radius 2 is 2.05 bits per heavy atom. The molecule has 0 aliphatic rings. The van der Waals surface area contributed by atoms with Gasteiger partial charge < -0.3 is 20.1 Å². The highest BCUT2D eigenvalue weighted by Gasteiger charge is 2.05. The van der Waals surface area contributed by atoms with Crippen molar-refractivity contribution in [1.82, 2.24) is 5.32 Å².